The van der Waals surface area contributed by atoms with E-state index in [4.69, 9.17) is 9.73 Å². The van der Waals surface area contributed by atoms with Crippen molar-refractivity contribution in [2.75, 3.05) is 27.2 Å². The van der Waals surface area contributed by atoms with Gasteiger partial charge in [-0.1, -0.05) is 13.8 Å². The molecule has 4 atom stereocenters. The molecule has 0 aromatic heterocycles. The maximum atomic E-state index is 14.3. The third kappa shape index (κ3) is 4.45. The fraction of sp³-hybridized carbons (Fsp3) is 0.900. The molecule has 2 rings (SSSR count). The van der Waals surface area contributed by atoms with Crippen molar-refractivity contribution < 1.29 is 13.9 Å². The van der Waals surface area contributed by atoms with E-state index in [0.29, 0.717) is 18.0 Å². The van der Waals surface area contributed by atoms with Gasteiger partial charge in [0.1, 0.15) is 6.17 Å². The molecule has 0 spiro atoms. The number of nitrogens with zero attached hydrogens (tertiary/aromatic N) is 3. The van der Waals surface area contributed by atoms with Crippen molar-refractivity contribution in [2.24, 2.45) is 22.7 Å². The Morgan fingerprint density at radius 1 is 1.27 bits per heavy atom. The zero-order chi connectivity index (χ0) is 19.4. The fourth-order valence-corrected chi connectivity index (χ4v) is 4.86. The van der Waals surface area contributed by atoms with E-state index in [9.17, 15) is 9.18 Å². The Bertz CT molecular complexity index is 503. The highest BCUT2D eigenvalue weighted by Crippen LogP contribution is 2.37. The van der Waals surface area contributed by atoms with Crippen LogP contribution in [0, 0.1) is 17.8 Å². The van der Waals surface area contributed by atoms with Gasteiger partial charge >= 0.3 is 5.97 Å². The predicted octanol–water partition coefficient (Wildman–Crippen LogP) is 3.34. The van der Waals surface area contributed by atoms with Gasteiger partial charge in [-0.15, -0.1) is 0 Å². The van der Waals surface area contributed by atoms with Gasteiger partial charge in [-0.25, -0.2) is 9.18 Å². The maximum absolute atomic E-state index is 14.3. The van der Waals surface area contributed by atoms with Crippen molar-refractivity contribution in [2.45, 2.75) is 71.9 Å². The van der Waals surface area contributed by atoms with Crippen LogP contribution >= 0.6 is 0 Å². The van der Waals surface area contributed by atoms with E-state index in [0.717, 1.165) is 32.2 Å². The first kappa shape index (κ1) is 21.3. The van der Waals surface area contributed by atoms with Crippen LogP contribution in [0.4, 0.5) is 4.39 Å². The molecule has 4 unspecified atom stereocenters. The average molecular weight is 370 g/mol. The lowest BCUT2D eigenvalue weighted by molar-refractivity contribution is -0.151. The van der Waals surface area contributed by atoms with E-state index in [2.05, 4.69) is 44.7 Å². The van der Waals surface area contributed by atoms with Crippen LogP contribution in [0.3, 0.4) is 0 Å². The minimum Gasteiger partial charge on any atom is -0.464 e. The van der Waals surface area contributed by atoms with Gasteiger partial charge in [-0.2, -0.15) is 0 Å². The van der Waals surface area contributed by atoms with Crippen molar-refractivity contribution in [3.8, 4) is 0 Å². The summed E-state index contributed by atoms with van der Waals surface area (Å²) < 4.78 is 19.2. The number of hydrogen-bond acceptors (Lipinski definition) is 5. The Morgan fingerprint density at radius 2 is 1.88 bits per heavy atom. The second kappa shape index (κ2) is 9.27. The van der Waals surface area contributed by atoms with E-state index in [-0.39, 0.29) is 18.7 Å². The van der Waals surface area contributed by atoms with Crippen LogP contribution in [0.15, 0.2) is 4.99 Å². The Morgan fingerprint density at radius 3 is 2.38 bits per heavy atom. The van der Waals surface area contributed by atoms with E-state index in [1.165, 1.54) is 5.71 Å². The van der Waals surface area contributed by atoms with Crippen LogP contribution in [0.25, 0.3) is 0 Å². The molecule has 0 aromatic carbocycles. The topological polar surface area (TPSA) is 45.1 Å². The number of ether oxygens (including phenoxy) is 1. The van der Waals surface area contributed by atoms with Gasteiger partial charge in [0.2, 0.25) is 0 Å². The number of halogens is 1. The summed E-state index contributed by atoms with van der Waals surface area (Å²) in [5.41, 5.74) is 1.28. The molecule has 26 heavy (non-hydrogen) atoms. The van der Waals surface area contributed by atoms with Gasteiger partial charge in [-0.05, 0) is 66.1 Å². The minimum absolute atomic E-state index is 0.171. The molecule has 0 amide bonds. The standard InChI is InChI=1S/C20H36FN3O2/c1-7-24-14(4)22-18(13(3)19(24)23(5)6)16-11-9-15(10-12-16)17(21)20(25)26-8-2/h13-17,19H,7-12H2,1-6H3. The molecule has 0 saturated heterocycles. The summed E-state index contributed by atoms with van der Waals surface area (Å²) in [4.78, 5) is 21.4. The van der Waals surface area contributed by atoms with Crippen LogP contribution in [0.1, 0.15) is 53.4 Å². The Labute approximate surface area is 158 Å². The van der Waals surface area contributed by atoms with Crippen LogP contribution in [-0.2, 0) is 9.53 Å². The Hall–Kier alpha value is -1.01. The molecule has 6 heteroatoms. The second-order valence-corrected chi connectivity index (χ2v) is 7.95. The number of esters is 1. The van der Waals surface area contributed by atoms with Gasteiger partial charge < -0.3 is 4.74 Å². The van der Waals surface area contributed by atoms with Gasteiger partial charge in [0.15, 0.2) is 6.17 Å². The van der Waals surface area contributed by atoms with Gasteiger partial charge in [0.05, 0.1) is 12.8 Å². The first-order valence-electron chi connectivity index (χ1n) is 10.1. The molecule has 1 aliphatic carbocycles. The summed E-state index contributed by atoms with van der Waals surface area (Å²) in [6.07, 6.45) is 2.31. The van der Waals surface area contributed by atoms with Crippen molar-refractivity contribution in [3.05, 3.63) is 0 Å². The molecule has 1 aliphatic heterocycles. The first-order valence-corrected chi connectivity index (χ1v) is 10.1. The van der Waals surface area contributed by atoms with Crippen LogP contribution in [0.5, 0.6) is 0 Å². The number of hydrogen-bond donors (Lipinski definition) is 0. The summed E-state index contributed by atoms with van der Waals surface area (Å²) in [7, 11) is 4.26. The van der Waals surface area contributed by atoms with Gasteiger partial charge in [0.25, 0.3) is 0 Å². The number of aliphatic imine (C=N–C) groups is 1. The molecule has 150 valence electrons. The first-order chi connectivity index (χ1) is 12.3. The molecule has 1 fully saturated rings. The summed E-state index contributed by atoms with van der Waals surface area (Å²) in [5.74, 6) is -0.147. The zero-order valence-electron chi connectivity index (χ0n) is 17.2. The van der Waals surface area contributed by atoms with E-state index < -0.39 is 12.1 Å². The number of alkyl halides is 1. The summed E-state index contributed by atoms with van der Waals surface area (Å²) >= 11 is 0. The lowest BCUT2D eigenvalue weighted by atomic mass is 9.74. The third-order valence-electron chi connectivity index (χ3n) is 6.08. The van der Waals surface area contributed by atoms with Gasteiger partial charge in [0, 0.05) is 17.5 Å². The van der Waals surface area contributed by atoms with Crippen molar-refractivity contribution in [3.63, 3.8) is 0 Å². The molecule has 5 nitrogen and oxygen atoms in total. The summed E-state index contributed by atoms with van der Waals surface area (Å²) in [6.45, 7) is 9.53. The maximum Gasteiger partial charge on any atom is 0.341 e. The molecule has 1 saturated carbocycles. The van der Waals surface area contributed by atoms with E-state index in [1.54, 1.807) is 6.92 Å². The van der Waals surface area contributed by atoms with Crippen LogP contribution < -0.4 is 0 Å². The Kier molecular flexibility index (Phi) is 7.59. The SMILES string of the molecule is CCOC(=O)C(F)C1CCC(C2=NC(C)N(CC)C(N(C)C)C2C)CC1. The highest BCUT2D eigenvalue weighted by molar-refractivity contribution is 5.90. The summed E-state index contributed by atoms with van der Waals surface area (Å²) in [5, 5.41) is 0. The lowest BCUT2D eigenvalue weighted by Gasteiger charge is -2.47. The molecule has 0 bridgehead atoms. The third-order valence-corrected chi connectivity index (χ3v) is 6.08. The van der Waals surface area contributed by atoms with Crippen molar-refractivity contribution >= 4 is 11.7 Å². The Balaban J connectivity index is 2.05. The smallest absolute Gasteiger partial charge is 0.341 e. The summed E-state index contributed by atoms with van der Waals surface area (Å²) in [6, 6.07) is 0. The molecule has 1 heterocycles. The number of carbonyl (C=O) groups excluding carboxylic acids is 1. The minimum atomic E-state index is -1.48. The number of carbonyl (C=O) groups is 1. The monoisotopic (exact) mass is 369 g/mol. The highest BCUT2D eigenvalue weighted by atomic mass is 19.1. The predicted molar refractivity (Wildman–Crippen MR) is 103 cm³/mol. The molecular weight excluding hydrogens is 333 g/mol. The molecule has 0 aromatic rings. The fourth-order valence-electron chi connectivity index (χ4n) is 4.86. The van der Waals surface area contributed by atoms with Crippen LogP contribution in [0.2, 0.25) is 0 Å². The quantitative estimate of drug-likeness (QED) is 0.674. The normalized spacial score (nSPS) is 34.5. The van der Waals surface area contributed by atoms with E-state index in [1.807, 2.05) is 0 Å². The highest BCUT2D eigenvalue weighted by Gasteiger charge is 2.41. The zero-order valence-corrected chi connectivity index (χ0v) is 17.2. The largest absolute Gasteiger partial charge is 0.464 e. The van der Waals surface area contributed by atoms with E-state index >= 15 is 0 Å². The lowest BCUT2D eigenvalue weighted by Crippen LogP contribution is -2.58. The molecule has 0 radical (unpaired) electrons. The molecule has 0 N–H and O–H groups in total. The average Bonchev–Trinajstić information content (AvgIpc) is 2.62. The van der Waals surface area contributed by atoms with Crippen LogP contribution in [-0.4, -0.2) is 67.2 Å². The molecular formula is C20H36FN3O2. The second-order valence-electron chi connectivity index (χ2n) is 7.95. The van der Waals surface area contributed by atoms with Gasteiger partial charge in [-0.3, -0.25) is 14.8 Å². The molecule has 2 aliphatic rings. The number of rotatable bonds is 6. The van der Waals surface area contributed by atoms with Crippen molar-refractivity contribution in [1.82, 2.24) is 9.80 Å². The van der Waals surface area contributed by atoms with Crippen molar-refractivity contribution in [1.29, 1.82) is 0 Å².